The Morgan fingerprint density at radius 2 is 1.90 bits per heavy atom. The molecule has 2 aliphatic rings. The first kappa shape index (κ1) is 21.9. The zero-order valence-electron chi connectivity index (χ0n) is 16.7. The summed E-state index contributed by atoms with van der Waals surface area (Å²) in [5.41, 5.74) is -0.412. The number of fused-ring (bicyclic) bond motifs is 1. The van der Waals surface area contributed by atoms with Gasteiger partial charge in [-0.25, -0.2) is 4.79 Å². The first-order chi connectivity index (χ1) is 14.7. The summed E-state index contributed by atoms with van der Waals surface area (Å²) >= 11 is 0. The van der Waals surface area contributed by atoms with E-state index in [9.17, 15) is 29.3 Å². The van der Waals surface area contributed by atoms with Crippen molar-refractivity contribution in [1.82, 2.24) is 4.90 Å². The van der Waals surface area contributed by atoms with Crippen LogP contribution in [0.1, 0.15) is 38.2 Å². The van der Waals surface area contributed by atoms with Crippen molar-refractivity contribution in [3.8, 4) is 6.07 Å². The fourth-order valence-electron chi connectivity index (χ4n) is 3.97. The Balaban J connectivity index is 1.59. The molecule has 0 aromatic heterocycles. The van der Waals surface area contributed by atoms with Gasteiger partial charge in [0.1, 0.15) is 12.1 Å². The van der Waals surface area contributed by atoms with Gasteiger partial charge < -0.3 is 10.1 Å². The Morgan fingerprint density at radius 1 is 1.29 bits per heavy atom. The maximum absolute atomic E-state index is 12.6. The van der Waals surface area contributed by atoms with Crippen LogP contribution >= 0.6 is 0 Å². The van der Waals surface area contributed by atoms with Gasteiger partial charge in [-0.15, -0.1) is 0 Å². The van der Waals surface area contributed by atoms with E-state index in [1.54, 1.807) is 6.07 Å². The van der Waals surface area contributed by atoms with Gasteiger partial charge in [-0.05, 0) is 25.8 Å². The number of carbonyl (C=O) groups excluding carboxylic acids is 4. The van der Waals surface area contributed by atoms with E-state index in [2.05, 4.69) is 5.32 Å². The number of nitro benzene ring substituents is 1. The van der Waals surface area contributed by atoms with E-state index in [1.807, 2.05) is 0 Å². The van der Waals surface area contributed by atoms with E-state index in [0.717, 1.165) is 29.9 Å². The molecule has 1 N–H and O–H groups in total. The van der Waals surface area contributed by atoms with Crippen molar-refractivity contribution in [2.75, 3.05) is 11.9 Å². The van der Waals surface area contributed by atoms with Gasteiger partial charge in [0.05, 0.1) is 28.0 Å². The third kappa shape index (κ3) is 4.37. The van der Waals surface area contributed by atoms with Crippen molar-refractivity contribution in [1.29, 1.82) is 5.26 Å². The standard InChI is InChI=1S/C20H20N4O7/c1-11(23-18(26)14-4-2-3-5-15(14)19(23)27)20(28)31-10-17(25)22-16-7-6-13(24(29)30)8-12(16)9-21/h6-8,11,14-15H,2-5,10H2,1H3,(H,22,25). The predicted octanol–water partition coefficient (Wildman–Crippen LogP) is 1.51. The van der Waals surface area contributed by atoms with Crippen LogP contribution in [0.25, 0.3) is 0 Å². The summed E-state index contributed by atoms with van der Waals surface area (Å²) in [5, 5.41) is 22.2. The lowest BCUT2D eigenvalue weighted by atomic mass is 9.81. The van der Waals surface area contributed by atoms with E-state index in [-0.39, 0.29) is 28.8 Å². The van der Waals surface area contributed by atoms with Crippen molar-refractivity contribution >= 4 is 35.1 Å². The van der Waals surface area contributed by atoms with Crippen molar-refractivity contribution in [2.24, 2.45) is 11.8 Å². The molecule has 3 amide bonds. The number of imide groups is 1. The van der Waals surface area contributed by atoms with Gasteiger partial charge in [0.15, 0.2) is 6.61 Å². The largest absolute Gasteiger partial charge is 0.454 e. The molecule has 0 bridgehead atoms. The molecular weight excluding hydrogens is 408 g/mol. The number of nitro groups is 1. The molecule has 1 aliphatic carbocycles. The molecule has 1 aliphatic heterocycles. The number of ether oxygens (including phenoxy) is 1. The van der Waals surface area contributed by atoms with Gasteiger partial charge in [0.25, 0.3) is 11.6 Å². The van der Waals surface area contributed by atoms with Crippen molar-refractivity contribution in [3.63, 3.8) is 0 Å². The quantitative estimate of drug-likeness (QED) is 0.309. The van der Waals surface area contributed by atoms with E-state index in [0.29, 0.717) is 12.8 Å². The van der Waals surface area contributed by atoms with E-state index in [1.165, 1.54) is 13.0 Å². The number of hydrogen-bond acceptors (Lipinski definition) is 8. The van der Waals surface area contributed by atoms with Gasteiger partial charge in [0, 0.05) is 12.1 Å². The van der Waals surface area contributed by atoms with Crippen LogP contribution in [0.2, 0.25) is 0 Å². The Labute approximate surface area is 177 Å². The molecule has 3 atom stereocenters. The third-order valence-corrected chi connectivity index (χ3v) is 5.56. The van der Waals surface area contributed by atoms with Crippen molar-refractivity contribution in [2.45, 2.75) is 38.6 Å². The highest BCUT2D eigenvalue weighted by molar-refractivity contribution is 6.08. The smallest absolute Gasteiger partial charge is 0.329 e. The Morgan fingerprint density at radius 3 is 2.45 bits per heavy atom. The number of likely N-dealkylation sites (tertiary alicyclic amines) is 1. The summed E-state index contributed by atoms with van der Waals surface area (Å²) in [6.45, 7) is 0.658. The Hall–Kier alpha value is -3.81. The molecule has 1 saturated carbocycles. The second kappa shape index (κ2) is 8.91. The number of amides is 3. The molecule has 1 aromatic rings. The monoisotopic (exact) mass is 428 g/mol. The molecule has 11 nitrogen and oxygen atoms in total. The van der Waals surface area contributed by atoms with Crippen LogP contribution in [0.5, 0.6) is 0 Å². The second-order valence-electron chi connectivity index (χ2n) is 7.47. The van der Waals surface area contributed by atoms with Crippen LogP contribution in [0, 0.1) is 33.3 Å². The highest BCUT2D eigenvalue weighted by atomic mass is 16.6. The van der Waals surface area contributed by atoms with E-state index >= 15 is 0 Å². The summed E-state index contributed by atoms with van der Waals surface area (Å²) in [6, 6.07) is 3.91. The summed E-state index contributed by atoms with van der Waals surface area (Å²) < 4.78 is 4.95. The lowest BCUT2D eigenvalue weighted by Crippen LogP contribution is -2.45. The molecule has 0 spiro atoms. The zero-order valence-corrected chi connectivity index (χ0v) is 16.7. The minimum atomic E-state index is -1.16. The molecule has 162 valence electrons. The molecule has 1 aromatic carbocycles. The minimum Gasteiger partial charge on any atom is -0.454 e. The Bertz CT molecular complexity index is 976. The Kier molecular flexibility index (Phi) is 6.29. The summed E-state index contributed by atoms with van der Waals surface area (Å²) in [5.74, 6) is -3.24. The molecular formula is C20H20N4O7. The van der Waals surface area contributed by atoms with Crippen molar-refractivity contribution in [3.05, 3.63) is 33.9 Å². The van der Waals surface area contributed by atoms with Crippen LogP contribution in [-0.2, 0) is 23.9 Å². The van der Waals surface area contributed by atoms with Crippen LogP contribution < -0.4 is 5.32 Å². The van der Waals surface area contributed by atoms with Crippen LogP contribution in [-0.4, -0.2) is 46.2 Å². The molecule has 1 heterocycles. The van der Waals surface area contributed by atoms with E-state index < -0.39 is 41.3 Å². The maximum Gasteiger partial charge on any atom is 0.329 e. The average molecular weight is 428 g/mol. The minimum absolute atomic E-state index is 0.0242. The van der Waals surface area contributed by atoms with Crippen molar-refractivity contribution < 1.29 is 28.8 Å². The predicted molar refractivity (Wildman–Crippen MR) is 104 cm³/mol. The fourth-order valence-corrected chi connectivity index (χ4v) is 3.97. The van der Waals surface area contributed by atoms with Crippen LogP contribution in [0.4, 0.5) is 11.4 Å². The van der Waals surface area contributed by atoms with E-state index in [4.69, 9.17) is 10.00 Å². The average Bonchev–Trinajstić information content (AvgIpc) is 3.02. The summed E-state index contributed by atoms with van der Waals surface area (Å²) in [6.07, 6.45) is 2.96. The first-order valence-corrected chi connectivity index (χ1v) is 9.76. The second-order valence-corrected chi connectivity index (χ2v) is 7.47. The number of rotatable bonds is 6. The number of benzene rings is 1. The van der Waals surface area contributed by atoms with Crippen LogP contribution in [0.3, 0.4) is 0 Å². The molecule has 0 radical (unpaired) electrons. The van der Waals surface area contributed by atoms with Crippen LogP contribution in [0.15, 0.2) is 18.2 Å². The number of nitrogens with zero attached hydrogens (tertiary/aromatic N) is 3. The first-order valence-electron chi connectivity index (χ1n) is 9.76. The number of nitriles is 1. The lowest BCUT2D eigenvalue weighted by Gasteiger charge is -2.21. The SMILES string of the molecule is CC(C(=O)OCC(=O)Nc1ccc([N+](=O)[O-])cc1C#N)N1C(=O)C2CCCCC2C1=O. The summed E-state index contributed by atoms with van der Waals surface area (Å²) in [7, 11) is 0. The number of carbonyl (C=O) groups is 4. The lowest BCUT2D eigenvalue weighted by molar-refractivity contribution is -0.384. The molecule has 31 heavy (non-hydrogen) atoms. The number of nitrogens with one attached hydrogen (secondary N) is 1. The van der Waals surface area contributed by atoms with Gasteiger partial charge in [-0.1, -0.05) is 12.8 Å². The van der Waals surface area contributed by atoms with Gasteiger partial charge in [-0.3, -0.25) is 29.4 Å². The topological polar surface area (TPSA) is 160 Å². The molecule has 3 unspecified atom stereocenters. The maximum atomic E-state index is 12.6. The van der Waals surface area contributed by atoms with Gasteiger partial charge in [-0.2, -0.15) is 5.26 Å². The van der Waals surface area contributed by atoms with Gasteiger partial charge in [0.2, 0.25) is 11.8 Å². The highest BCUT2D eigenvalue weighted by Crippen LogP contribution is 2.38. The third-order valence-electron chi connectivity index (χ3n) is 5.56. The molecule has 3 rings (SSSR count). The fraction of sp³-hybridized carbons (Fsp3) is 0.450. The molecule has 2 fully saturated rings. The highest BCUT2D eigenvalue weighted by Gasteiger charge is 2.51. The zero-order chi connectivity index (χ0) is 22.7. The number of esters is 1. The number of hydrogen-bond donors (Lipinski definition) is 1. The number of anilines is 1. The normalized spacial score (nSPS) is 21.1. The molecule has 1 saturated heterocycles. The molecule has 11 heteroatoms. The van der Waals surface area contributed by atoms with Gasteiger partial charge >= 0.3 is 5.97 Å². The summed E-state index contributed by atoms with van der Waals surface area (Å²) in [4.78, 5) is 60.6. The number of non-ortho nitro benzene ring substituents is 1.